The molecular formula is C11H19NO3. The minimum Gasteiger partial charge on any atom is -0.456 e. The summed E-state index contributed by atoms with van der Waals surface area (Å²) < 4.78 is 10.2. The van der Waals surface area contributed by atoms with Gasteiger partial charge in [-0.15, -0.1) is 0 Å². The van der Waals surface area contributed by atoms with Crippen molar-refractivity contribution >= 4 is 5.97 Å². The normalized spacial score (nSPS) is 25.7. The van der Waals surface area contributed by atoms with Crippen molar-refractivity contribution in [3.63, 3.8) is 0 Å². The fraction of sp³-hybridized carbons (Fsp3) is 0.909. The van der Waals surface area contributed by atoms with Gasteiger partial charge in [-0.2, -0.15) is 0 Å². The highest BCUT2D eigenvalue weighted by atomic mass is 16.6. The Labute approximate surface area is 90.1 Å². The largest absolute Gasteiger partial charge is 0.456 e. The molecule has 0 spiro atoms. The van der Waals surface area contributed by atoms with Gasteiger partial charge in [0.25, 0.3) is 0 Å². The van der Waals surface area contributed by atoms with Gasteiger partial charge in [-0.1, -0.05) is 19.3 Å². The van der Waals surface area contributed by atoms with Gasteiger partial charge in [0, 0.05) is 0 Å². The summed E-state index contributed by atoms with van der Waals surface area (Å²) in [5, 5.41) is 0. The second kappa shape index (κ2) is 4.94. The molecule has 2 rings (SSSR count). The summed E-state index contributed by atoms with van der Waals surface area (Å²) in [5.74, 6) is 0.0856. The molecule has 2 fully saturated rings. The van der Waals surface area contributed by atoms with Crippen LogP contribution in [0.1, 0.15) is 32.1 Å². The van der Waals surface area contributed by atoms with Crippen LogP contribution in [0, 0.1) is 5.92 Å². The topological polar surface area (TPSA) is 61.6 Å². The Morgan fingerprint density at radius 1 is 1.27 bits per heavy atom. The fourth-order valence-corrected chi connectivity index (χ4v) is 2.21. The average molecular weight is 213 g/mol. The maximum atomic E-state index is 11.6. The molecule has 4 nitrogen and oxygen atoms in total. The number of carbonyl (C=O) groups excluding carboxylic acids is 1. The van der Waals surface area contributed by atoms with Crippen LogP contribution in [0.5, 0.6) is 0 Å². The van der Waals surface area contributed by atoms with E-state index < -0.39 is 6.04 Å². The van der Waals surface area contributed by atoms with Gasteiger partial charge in [0.2, 0.25) is 0 Å². The Hall–Kier alpha value is -0.610. The molecular weight excluding hydrogens is 194 g/mol. The summed E-state index contributed by atoms with van der Waals surface area (Å²) in [4.78, 5) is 11.6. The van der Waals surface area contributed by atoms with E-state index in [1.165, 1.54) is 19.3 Å². The summed E-state index contributed by atoms with van der Waals surface area (Å²) >= 11 is 0. The van der Waals surface area contributed by atoms with E-state index >= 15 is 0 Å². The predicted molar refractivity (Wildman–Crippen MR) is 55.2 cm³/mol. The molecule has 0 amide bonds. The zero-order chi connectivity index (χ0) is 10.7. The van der Waals surface area contributed by atoms with Crippen LogP contribution in [0.4, 0.5) is 0 Å². The molecule has 4 heteroatoms. The van der Waals surface area contributed by atoms with Crippen LogP contribution < -0.4 is 5.73 Å². The third kappa shape index (κ3) is 2.69. The van der Waals surface area contributed by atoms with E-state index in [0.29, 0.717) is 19.1 Å². The molecule has 0 aromatic rings. The number of carbonyl (C=O) groups is 1. The van der Waals surface area contributed by atoms with Gasteiger partial charge < -0.3 is 15.2 Å². The van der Waals surface area contributed by atoms with Crippen molar-refractivity contribution in [2.45, 2.75) is 44.2 Å². The van der Waals surface area contributed by atoms with Gasteiger partial charge >= 0.3 is 5.97 Å². The van der Waals surface area contributed by atoms with Crippen molar-refractivity contribution in [3.05, 3.63) is 0 Å². The standard InChI is InChI=1S/C11H19NO3/c12-10(8-4-2-1-3-5-8)11(13)15-9-6-14-7-9/h8-10H,1-7,12H2. The van der Waals surface area contributed by atoms with Gasteiger partial charge in [-0.05, 0) is 18.8 Å². The molecule has 1 aliphatic heterocycles. The monoisotopic (exact) mass is 213 g/mol. The van der Waals surface area contributed by atoms with E-state index in [1.807, 2.05) is 0 Å². The van der Waals surface area contributed by atoms with Crippen LogP contribution in [0.25, 0.3) is 0 Å². The average Bonchev–Trinajstić information content (AvgIpc) is 2.23. The van der Waals surface area contributed by atoms with E-state index in [9.17, 15) is 4.79 Å². The van der Waals surface area contributed by atoms with Gasteiger partial charge in [0.1, 0.15) is 12.1 Å². The lowest BCUT2D eigenvalue weighted by Crippen LogP contribution is -2.46. The first-order chi connectivity index (χ1) is 7.27. The van der Waals surface area contributed by atoms with Gasteiger partial charge in [-0.25, -0.2) is 0 Å². The van der Waals surface area contributed by atoms with Crippen molar-refractivity contribution in [2.24, 2.45) is 11.7 Å². The van der Waals surface area contributed by atoms with Gasteiger partial charge in [-0.3, -0.25) is 4.79 Å². The number of ether oxygens (including phenoxy) is 2. The lowest BCUT2D eigenvalue weighted by atomic mass is 9.84. The first kappa shape index (κ1) is 10.9. The van der Waals surface area contributed by atoms with E-state index in [1.54, 1.807) is 0 Å². The highest BCUT2D eigenvalue weighted by molar-refractivity contribution is 5.76. The lowest BCUT2D eigenvalue weighted by molar-refractivity contribution is -0.175. The first-order valence-corrected chi connectivity index (χ1v) is 5.81. The molecule has 1 heterocycles. The summed E-state index contributed by atoms with van der Waals surface area (Å²) in [6.07, 6.45) is 5.74. The minimum absolute atomic E-state index is 0.0489. The number of hydrogen-bond donors (Lipinski definition) is 1. The Morgan fingerprint density at radius 3 is 2.47 bits per heavy atom. The molecule has 0 radical (unpaired) electrons. The molecule has 0 aromatic heterocycles. The molecule has 0 bridgehead atoms. The third-order valence-corrected chi connectivity index (χ3v) is 3.32. The van der Waals surface area contributed by atoms with Crippen LogP contribution in [0.2, 0.25) is 0 Å². The predicted octanol–water partition coefficient (Wildman–Crippen LogP) is 0.836. The first-order valence-electron chi connectivity index (χ1n) is 5.81. The highest BCUT2D eigenvalue weighted by Gasteiger charge is 2.31. The van der Waals surface area contributed by atoms with Crippen molar-refractivity contribution in [1.82, 2.24) is 0 Å². The second-order valence-electron chi connectivity index (χ2n) is 4.52. The van der Waals surface area contributed by atoms with Crippen LogP contribution in [-0.2, 0) is 14.3 Å². The van der Waals surface area contributed by atoms with Crippen LogP contribution in [0.3, 0.4) is 0 Å². The molecule has 2 N–H and O–H groups in total. The summed E-state index contributed by atoms with van der Waals surface area (Å²) in [6, 6.07) is -0.425. The third-order valence-electron chi connectivity index (χ3n) is 3.32. The van der Waals surface area contributed by atoms with Crippen LogP contribution in [-0.4, -0.2) is 31.3 Å². The molecule has 1 aliphatic carbocycles. The molecule has 15 heavy (non-hydrogen) atoms. The highest BCUT2D eigenvalue weighted by Crippen LogP contribution is 2.26. The molecule has 1 saturated heterocycles. The van der Waals surface area contributed by atoms with Crippen molar-refractivity contribution in [2.75, 3.05) is 13.2 Å². The Kier molecular flexibility index (Phi) is 3.59. The zero-order valence-corrected chi connectivity index (χ0v) is 8.98. The zero-order valence-electron chi connectivity index (χ0n) is 8.98. The molecule has 0 aromatic carbocycles. The fourth-order valence-electron chi connectivity index (χ4n) is 2.21. The summed E-state index contributed by atoms with van der Waals surface area (Å²) in [5.41, 5.74) is 5.90. The lowest BCUT2D eigenvalue weighted by Gasteiger charge is -2.30. The molecule has 1 unspecified atom stereocenters. The minimum atomic E-state index is -0.425. The SMILES string of the molecule is NC(C(=O)OC1COC1)C1CCCCC1. The van der Waals surface area contributed by atoms with Crippen molar-refractivity contribution in [3.8, 4) is 0 Å². The summed E-state index contributed by atoms with van der Waals surface area (Å²) in [7, 11) is 0. The van der Waals surface area contributed by atoms with E-state index in [-0.39, 0.29) is 12.1 Å². The maximum absolute atomic E-state index is 11.6. The smallest absolute Gasteiger partial charge is 0.323 e. The van der Waals surface area contributed by atoms with Crippen LogP contribution in [0.15, 0.2) is 0 Å². The molecule has 86 valence electrons. The molecule has 1 atom stereocenters. The molecule has 2 aliphatic rings. The second-order valence-corrected chi connectivity index (χ2v) is 4.52. The van der Waals surface area contributed by atoms with Gasteiger partial charge in [0.05, 0.1) is 13.2 Å². The van der Waals surface area contributed by atoms with Gasteiger partial charge in [0.15, 0.2) is 0 Å². The molecule has 1 saturated carbocycles. The van der Waals surface area contributed by atoms with Crippen LogP contribution >= 0.6 is 0 Å². The maximum Gasteiger partial charge on any atom is 0.323 e. The number of esters is 1. The van der Waals surface area contributed by atoms with Crippen molar-refractivity contribution in [1.29, 1.82) is 0 Å². The quantitative estimate of drug-likeness (QED) is 0.705. The van der Waals surface area contributed by atoms with E-state index in [4.69, 9.17) is 15.2 Å². The number of hydrogen-bond acceptors (Lipinski definition) is 4. The Bertz CT molecular complexity index is 222. The van der Waals surface area contributed by atoms with E-state index in [2.05, 4.69) is 0 Å². The Morgan fingerprint density at radius 2 is 1.93 bits per heavy atom. The summed E-state index contributed by atoms with van der Waals surface area (Å²) in [6.45, 7) is 1.06. The Balaban J connectivity index is 1.77. The number of nitrogens with two attached hydrogens (primary N) is 1. The van der Waals surface area contributed by atoms with E-state index in [0.717, 1.165) is 12.8 Å². The number of rotatable bonds is 3. The van der Waals surface area contributed by atoms with Crippen molar-refractivity contribution < 1.29 is 14.3 Å².